The van der Waals surface area contributed by atoms with E-state index in [1.165, 1.54) is 13.2 Å². The fourth-order valence-electron chi connectivity index (χ4n) is 2.01. The highest BCUT2D eigenvalue weighted by molar-refractivity contribution is 5.98. The second-order valence-electron chi connectivity index (χ2n) is 4.66. The molecule has 2 aromatic rings. The smallest absolute Gasteiger partial charge is 0.255 e. The van der Waals surface area contributed by atoms with E-state index in [0.29, 0.717) is 11.3 Å². The maximum atomic E-state index is 12.4. The van der Waals surface area contributed by atoms with Crippen molar-refractivity contribution in [3.05, 3.63) is 53.3 Å². The van der Waals surface area contributed by atoms with Gasteiger partial charge in [0.05, 0.1) is 11.3 Å². The molecule has 2 rings (SSSR count). The first kappa shape index (κ1) is 15.4. The molecular weight excluding hydrogens is 282 g/mol. The Labute approximate surface area is 128 Å². The molecule has 1 aromatic carbocycles. The van der Waals surface area contributed by atoms with E-state index in [0.717, 1.165) is 0 Å². The third-order valence-corrected chi connectivity index (χ3v) is 3.16. The normalized spacial score (nSPS) is 11.5. The number of nitrogens with two attached hydrogens (primary N) is 1. The minimum Gasteiger partial charge on any atom is -0.368 e. The molecule has 0 saturated carbocycles. The van der Waals surface area contributed by atoms with Gasteiger partial charge in [-0.2, -0.15) is 0 Å². The van der Waals surface area contributed by atoms with Crippen LogP contribution < -0.4 is 16.4 Å². The van der Waals surface area contributed by atoms with Crippen LogP contribution in [0.3, 0.4) is 0 Å². The summed E-state index contributed by atoms with van der Waals surface area (Å²) in [5.41, 5.74) is 6.89. The Balaban J connectivity index is 2.27. The van der Waals surface area contributed by atoms with Crippen LogP contribution in [0.1, 0.15) is 27.7 Å². The molecule has 22 heavy (non-hydrogen) atoms. The van der Waals surface area contributed by atoms with Crippen molar-refractivity contribution in [2.75, 3.05) is 12.8 Å². The van der Waals surface area contributed by atoms with E-state index in [9.17, 15) is 9.59 Å². The standard InChI is InChI=1S/C15H17N5O2/c1-9-11(8-18-15(16)19-9)13(21)20-12(14(22)17-2)10-6-4-3-5-7-10/h3-8,12H,1-2H3,(H,17,22)(H,20,21)(H2,16,18,19)/t12-/m1/s1. The molecule has 1 heterocycles. The Bertz CT molecular complexity index is 688. The SMILES string of the molecule is CNC(=O)[C@H](NC(=O)c1cnc(N)nc1C)c1ccccc1. The zero-order valence-corrected chi connectivity index (χ0v) is 12.3. The summed E-state index contributed by atoms with van der Waals surface area (Å²) in [6, 6.07) is 8.18. The number of aryl methyl sites for hydroxylation is 1. The molecule has 0 unspecified atom stereocenters. The van der Waals surface area contributed by atoms with E-state index in [4.69, 9.17) is 5.73 Å². The van der Waals surface area contributed by atoms with Crippen LogP contribution in [-0.4, -0.2) is 28.8 Å². The van der Waals surface area contributed by atoms with Gasteiger partial charge in [-0.1, -0.05) is 30.3 Å². The first-order valence-electron chi connectivity index (χ1n) is 6.69. The van der Waals surface area contributed by atoms with Gasteiger partial charge in [0.25, 0.3) is 5.91 Å². The number of hydrogen-bond donors (Lipinski definition) is 3. The minimum absolute atomic E-state index is 0.0972. The molecule has 0 radical (unpaired) electrons. The number of anilines is 1. The zero-order chi connectivity index (χ0) is 16.1. The summed E-state index contributed by atoms with van der Waals surface area (Å²) in [5.74, 6) is -0.650. The van der Waals surface area contributed by atoms with Crippen LogP contribution in [0.4, 0.5) is 5.95 Å². The monoisotopic (exact) mass is 299 g/mol. The zero-order valence-electron chi connectivity index (χ0n) is 12.3. The van der Waals surface area contributed by atoms with E-state index in [2.05, 4.69) is 20.6 Å². The number of aromatic nitrogens is 2. The van der Waals surface area contributed by atoms with Crippen molar-refractivity contribution in [2.24, 2.45) is 0 Å². The summed E-state index contributed by atoms with van der Waals surface area (Å²) in [4.78, 5) is 32.2. The molecule has 0 aliphatic rings. The van der Waals surface area contributed by atoms with E-state index < -0.39 is 11.9 Å². The number of carbonyl (C=O) groups is 2. The highest BCUT2D eigenvalue weighted by atomic mass is 16.2. The molecule has 7 nitrogen and oxygen atoms in total. The summed E-state index contributed by atoms with van der Waals surface area (Å²) in [5, 5.41) is 5.23. The molecular formula is C15H17N5O2. The van der Waals surface area contributed by atoms with E-state index in [1.807, 2.05) is 6.07 Å². The maximum Gasteiger partial charge on any atom is 0.255 e. The molecule has 1 aromatic heterocycles. The molecule has 0 aliphatic carbocycles. The van der Waals surface area contributed by atoms with Gasteiger partial charge in [-0.05, 0) is 12.5 Å². The number of carbonyl (C=O) groups excluding carboxylic acids is 2. The number of likely N-dealkylation sites (N-methyl/N-ethyl adjacent to an activating group) is 1. The average molecular weight is 299 g/mol. The highest BCUT2D eigenvalue weighted by Gasteiger charge is 2.23. The van der Waals surface area contributed by atoms with Crippen molar-refractivity contribution >= 4 is 17.8 Å². The number of nitrogens with zero attached hydrogens (tertiary/aromatic N) is 2. The van der Waals surface area contributed by atoms with Crippen LogP contribution in [-0.2, 0) is 4.79 Å². The van der Waals surface area contributed by atoms with Gasteiger partial charge in [-0.15, -0.1) is 0 Å². The molecule has 114 valence electrons. The Morgan fingerprint density at radius 3 is 2.50 bits per heavy atom. The second kappa shape index (κ2) is 6.66. The van der Waals surface area contributed by atoms with Crippen LogP contribution in [0, 0.1) is 6.92 Å². The highest BCUT2D eigenvalue weighted by Crippen LogP contribution is 2.14. The number of rotatable bonds is 4. The van der Waals surface area contributed by atoms with E-state index >= 15 is 0 Å². The number of hydrogen-bond acceptors (Lipinski definition) is 5. The lowest BCUT2D eigenvalue weighted by molar-refractivity contribution is -0.122. The van der Waals surface area contributed by atoms with Gasteiger partial charge >= 0.3 is 0 Å². The molecule has 7 heteroatoms. The summed E-state index contributed by atoms with van der Waals surface area (Å²) < 4.78 is 0. The van der Waals surface area contributed by atoms with Crippen LogP contribution in [0.25, 0.3) is 0 Å². The minimum atomic E-state index is -0.796. The Kier molecular flexibility index (Phi) is 4.67. The first-order chi connectivity index (χ1) is 10.5. The lowest BCUT2D eigenvalue weighted by atomic mass is 10.1. The van der Waals surface area contributed by atoms with E-state index in [-0.39, 0.29) is 17.4 Å². The Morgan fingerprint density at radius 2 is 1.91 bits per heavy atom. The number of benzene rings is 1. The topological polar surface area (TPSA) is 110 Å². The largest absolute Gasteiger partial charge is 0.368 e. The summed E-state index contributed by atoms with van der Waals surface area (Å²) in [7, 11) is 1.52. The van der Waals surface area contributed by atoms with Crippen molar-refractivity contribution in [1.82, 2.24) is 20.6 Å². The molecule has 0 aliphatic heterocycles. The van der Waals surface area contributed by atoms with Gasteiger partial charge in [0.15, 0.2) is 0 Å². The van der Waals surface area contributed by atoms with Crippen LogP contribution >= 0.6 is 0 Å². The van der Waals surface area contributed by atoms with Crippen molar-refractivity contribution in [3.8, 4) is 0 Å². The van der Waals surface area contributed by atoms with Crippen LogP contribution in [0.5, 0.6) is 0 Å². The van der Waals surface area contributed by atoms with Gasteiger partial charge < -0.3 is 16.4 Å². The predicted molar refractivity (Wildman–Crippen MR) is 81.9 cm³/mol. The third-order valence-electron chi connectivity index (χ3n) is 3.16. The number of nitrogens with one attached hydrogen (secondary N) is 2. The molecule has 2 amide bonds. The Hall–Kier alpha value is -2.96. The van der Waals surface area contributed by atoms with Crippen LogP contribution in [0.2, 0.25) is 0 Å². The lowest BCUT2D eigenvalue weighted by Crippen LogP contribution is -2.39. The molecule has 0 spiro atoms. The summed E-state index contributed by atoms with van der Waals surface area (Å²) in [6.45, 7) is 1.66. The van der Waals surface area contributed by atoms with Gasteiger partial charge in [0, 0.05) is 13.2 Å². The van der Waals surface area contributed by atoms with Gasteiger partial charge in [-0.3, -0.25) is 9.59 Å². The number of amides is 2. The van der Waals surface area contributed by atoms with Gasteiger partial charge in [0.2, 0.25) is 11.9 Å². The maximum absolute atomic E-state index is 12.4. The fourth-order valence-corrected chi connectivity index (χ4v) is 2.01. The van der Waals surface area contributed by atoms with Crippen molar-refractivity contribution in [3.63, 3.8) is 0 Å². The first-order valence-corrected chi connectivity index (χ1v) is 6.69. The predicted octanol–water partition coefficient (Wildman–Crippen LogP) is 0.584. The van der Waals surface area contributed by atoms with Crippen LogP contribution in [0.15, 0.2) is 36.5 Å². The number of nitrogen functional groups attached to an aromatic ring is 1. The lowest BCUT2D eigenvalue weighted by Gasteiger charge is -2.18. The molecule has 0 saturated heterocycles. The third kappa shape index (κ3) is 3.38. The van der Waals surface area contributed by atoms with Crippen molar-refractivity contribution in [2.45, 2.75) is 13.0 Å². The van der Waals surface area contributed by atoms with Crippen molar-refractivity contribution < 1.29 is 9.59 Å². The van der Waals surface area contributed by atoms with Gasteiger partial charge in [-0.25, -0.2) is 9.97 Å². The van der Waals surface area contributed by atoms with Gasteiger partial charge in [0.1, 0.15) is 6.04 Å². The molecule has 1 atom stereocenters. The molecule has 0 fully saturated rings. The second-order valence-corrected chi connectivity index (χ2v) is 4.66. The quantitative estimate of drug-likeness (QED) is 0.765. The molecule has 4 N–H and O–H groups in total. The summed E-state index contributed by atoms with van der Waals surface area (Å²) in [6.07, 6.45) is 1.35. The Morgan fingerprint density at radius 1 is 1.23 bits per heavy atom. The summed E-state index contributed by atoms with van der Waals surface area (Å²) >= 11 is 0. The molecule has 0 bridgehead atoms. The van der Waals surface area contributed by atoms with Crippen molar-refractivity contribution in [1.29, 1.82) is 0 Å². The fraction of sp³-hybridized carbons (Fsp3) is 0.200. The van der Waals surface area contributed by atoms with E-state index in [1.54, 1.807) is 31.2 Å². The average Bonchev–Trinajstić information content (AvgIpc) is 2.52.